The molecule has 0 bridgehead atoms. The minimum atomic E-state index is -0.779. The quantitative estimate of drug-likeness (QED) is 0.588. The molecule has 124 valence electrons. The monoisotopic (exact) mass is 336 g/mol. The Balaban J connectivity index is 2.24. The van der Waals surface area contributed by atoms with E-state index < -0.39 is 35.2 Å². The van der Waals surface area contributed by atoms with Crippen molar-refractivity contribution in [2.45, 2.75) is 43.4 Å². The van der Waals surface area contributed by atoms with Crippen LogP contribution in [0.15, 0.2) is 35.2 Å². The highest BCUT2D eigenvalue weighted by Crippen LogP contribution is 2.38. The first-order valence-electron chi connectivity index (χ1n) is 7.53. The summed E-state index contributed by atoms with van der Waals surface area (Å²) in [6, 6.07) is 9.32. The summed E-state index contributed by atoms with van der Waals surface area (Å²) in [5.41, 5.74) is 0. The van der Waals surface area contributed by atoms with Crippen LogP contribution in [0.25, 0.3) is 0 Å². The highest BCUT2D eigenvalue weighted by Gasteiger charge is 2.50. The lowest BCUT2D eigenvalue weighted by molar-refractivity contribution is -0.157. The van der Waals surface area contributed by atoms with Crippen LogP contribution in [0, 0.1) is 11.8 Å². The molecule has 1 heterocycles. The van der Waals surface area contributed by atoms with Crippen LogP contribution in [0.3, 0.4) is 0 Å². The molecule has 2 rings (SSSR count). The molecule has 0 N–H and O–H groups in total. The molecule has 0 saturated carbocycles. The smallest absolute Gasteiger partial charge is 0.328 e. The predicted molar refractivity (Wildman–Crippen MR) is 85.7 cm³/mol. The van der Waals surface area contributed by atoms with Gasteiger partial charge in [0, 0.05) is 11.8 Å². The van der Waals surface area contributed by atoms with E-state index in [9.17, 15) is 14.4 Å². The molecule has 23 heavy (non-hydrogen) atoms. The highest BCUT2D eigenvalue weighted by atomic mass is 32.2. The first-order valence-corrected chi connectivity index (χ1v) is 8.41. The number of carbonyl (C=O) groups excluding carboxylic acids is 3. The zero-order valence-corrected chi connectivity index (χ0v) is 14.2. The van der Waals surface area contributed by atoms with Crippen molar-refractivity contribution in [3.05, 3.63) is 30.3 Å². The van der Waals surface area contributed by atoms with Gasteiger partial charge in [-0.3, -0.25) is 14.4 Å². The molecule has 0 aromatic heterocycles. The molecule has 1 fully saturated rings. The Morgan fingerprint density at radius 3 is 2.43 bits per heavy atom. The standard InChI is InChI=1S/C17H20O5S/c1-10(2)9-13(21-11(3)18)14-15(17(20)22-16(14)19)23-12-7-5-4-6-8-12/h4-8,10,13-15H,9H2,1-3H3/t13?,14-,15-/m0/s1. The van der Waals surface area contributed by atoms with Gasteiger partial charge in [0.1, 0.15) is 17.3 Å². The fourth-order valence-corrected chi connectivity index (χ4v) is 3.74. The number of carbonyl (C=O) groups is 3. The molecule has 0 aliphatic carbocycles. The van der Waals surface area contributed by atoms with Crippen molar-refractivity contribution < 1.29 is 23.9 Å². The second-order valence-corrected chi connectivity index (χ2v) is 7.11. The normalized spacial score (nSPS) is 22.1. The lowest BCUT2D eigenvalue weighted by Gasteiger charge is -2.25. The van der Waals surface area contributed by atoms with E-state index in [4.69, 9.17) is 9.47 Å². The minimum Gasteiger partial charge on any atom is -0.462 e. The lowest BCUT2D eigenvalue weighted by Crippen LogP contribution is -2.36. The van der Waals surface area contributed by atoms with E-state index in [0.717, 1.165) is 4.90 Å². The van der Waals surface area contributed by atoms with Crippen molar-refractivity contribution in [1.82, 2.24) is 0 Å². The first kappa shape index (κ1) is 17.5. The molecule has 0 spiro atoms. The zero-order chi connectivity index (χ0) is 17.0. The number of hydrogen-bond donors (Lipinski definition) is 0. The van der Waals surface area contributed by atoms with Crippen LogP contribution < -0.4 is 0 Å². The van der Waals surface area contributed by atoms with Crippen LogP contribution in [-0.2, 0) is 23.9 Å². The maximum absolute atomic E-state index is 12.1. The van der Waals surface area contributed by atoms with Gasteiger partial charge in [0.25, 0.3) is 0 Å². The third-order valence-electron chi connectivity index (χ3n) is 3.46. The van der Waals surface area contributed by atoms with Gasteiger partial charge in [-0.1, -0.05) is 32.0 Å². The van der Waals surface area contributed by atoms with Crippen LogP contribution in [0.5, 0.6) is 0 Å². The van der Waals surface area contributed by atoms with Crippen molar-refractivity contribution in [1.29, 1.82) is 0 Å². The molecule has 1 aromatic carbocycles. The molecule has 0 amide bonds. The maximum atomic E-state index is 12.1. The Morgan fingerprint density at radius 2 is 1.87 bits per heavy atom. The minimum absolute atomic E-state index is 0.213. The SMILES string of the molecule is CC(=O)OC(CC(C)C)[C@@H]1C(=O)OC(=O)[C@H]1Sc1ccccc1. The molecule has 1 aliphatic rings. The highest BCUT2D eigenvalue weighted by molar-refractivity contribution is 8.00. The van der Waals surface area contributed by atoms with Crippen molar-refractivity contribution in [3.8, 4) is 0 Å². The topological polar surface area (TPSA) is 69.7 Å². The van der Waals surface area contributed by atoms with Crippen LogP contribution in [-0.4, -0.2) is 29.3 Å². The molecule has 0 radical (unpaired) electrons. The van der Waals surface area contributed by atoms with E-state index in [1.165, 1.54) is 18.7 Å². The van der Waals surface area contributed by atoms with E-state index in [-0.39, 0.29) is 5.92 Å². The fourth-order valence-electron chi connectivity index (χ4n) is 2.56. The third kappa shape index (κ3) is 4.58. The summed E-state index contributed by atoms with van der Waals surface area (Å²) < 4.78 is 10.1. The van der Waals surface area contributed by atoms with Gasteiger partial charge in [0.05, 0.1) is 0 Å². The molecular weight excluding hydrogens is 316 g/mol. The van der Waals surface area contributed by atoms with Crippen molar-refractivity contribution >= 4 is 29.7 Å². The predicted octanol–water partition coefficient (Wildman–Crippen LogP) is 2.82. The maximum Gasteiger partial charge on any atom is 0.328 e. The number of thioether (sulfide) groups is 1. The van der Waals surface area contributed by atoms with E-state index >= 15 is 0 Å². The second kappa shape index (κ2) is 7.64. The van der Waals surface area contributed by atoms with Crippen LogP contribution in [0.4, 0.5) is 0 Å². The van der Waals surface area contributed by atoms with Gasteiger partial charge < -0.3 is 9.47 Å². The average Bonchev–Trinajstić information content (AvgIpc) is 2.72. The van der Waals surface area contributed by atoms with E-state index in [1.54, 1.807) is 0 Å². The molecule has 1 unspecified atom stereocenters. The molecule has 1 saturated heterocycles. The van der Waals surface area contributed by atoms with Crippen molar-refractivity contribution in [2.24, 2.45) is 11.8 Å². The Bertz CT molecular complexity index is 584. The zero-order valence-electron chi connectivity index (χ0n) is 13.4. The fraction of sp³-hybridized carbons (Fsp3) is 0.471. The van der Waals surface area contributed by atoms with E-state index in [2.05, 4.69) is 0 Å². The summed E-state index contributed by atoms with van der Waals surface area (Å²) >= 11 is 1.27. The van der Waals surface area contributed by atoms with Gasteiger partial charge in [-0.15, -0.1) is 11.8 Å². The second-order valence-electron chi connectivity index (χ2n) is 5.89. The summed E-state index contributed by atoms with van der Waals surface area (Å²) in [6.45, 7) is 5.24. The summed E-state index contributed by atoms with van der Waals surface area (Å²) in [7, 11) is 0. The summed E-state index contributed by atoms with van der Waals surface area (Å²) in [4.78, 5) is 36.5. The summed E-state index contributed by atoms with van der Waals surface area (Å²) in [5.74, 6) is -2.22. The Morgan fingerprint density at radius 1 is 1.22 bits per heavy atom. The Hall–Kier alpha value is -1.82. The van der Waals surface area contributed by atoms with Crippen LogP contribution >= 0.6 is 11.8 Å². The number of hydrogen-bond acceptors (Lipinski definition) is 6. The Kier molecular flexibility index (Phi) is 5.82. The molecule has 3 atom stereocenters. The van der Waals surface area contributed by atoms with Gasteiger partial charge in [-0.2, -0.15) is 0 Å². The number of cyclic esters (lactones) is 2. The first-order chi connectivity index (χ1) is 10.9. The third-order valence-corrected chi connectivity index (χ3v) is 4.74. The number of ether oxygens (including phenoxy) is 2. The average molecular weight is 336 g/mol. The van der Waals surface area contributed by atoms with Gasteiger partial charge in [0.15, 0.2) is 0 Å². The van der Waals surface area contributed by atoms with Crippen LogP contribution in [0.2, 0.25) is 0 Å². The lowest BCUT2D eigenvalue weighted by atomic mass is 9.92. The van der Waals surface area contributed by atoms with Gasteiger partial charge in [0.2, 0.25) is 0 Å². The molecular formula is C17H20O5S. The summed E-state index contributed by atoms with van der Waals surface area (Å²) in [6.07, 6.45) is -0.161. The van der Waals surface area contributed by atoms with Gasteiger partial charge in [-0.05, 0) is 24.5 Å². The molecule has 6 heteroatoms. The van der Waals surface area contributed by atoms with Crippen molar-refractivity contribution in [2.75, 3.05) is 0 Å². The van der Waals surface area contributed by atoms with Crippen LogP contribution in [0.1, 0.15) is 27.2 Å². The largest absolute Gasteiger partial charge is 0.462 e. The molecule has 1 aliphatic heterocycles. The number of rotatable bonds is 6. The van der Waals surface area contributed by atoms with Gasteiger partial charge >= 0.3 is 17.9 Å². The number of esters is 3. The Labute approximate surface area is 139 Å². The van der Waals surface area contributed by atoms with E-state index in [1.807, 2.05) is 44.2 Å². The van der Waals surface area contributed by atoms with Crippen molar-refractivity contribution in [3.63, 3.8) is 0 Å². The summed E-state index contributed by atoms with van der Waals surface area (Å²) in [5, 5.41) is -0.701. The van der Waals surface area contributed by atoms with Gasteiger partial charge in [-0.25, -0.2) is 0 Å². The molecule has 1 aromatic rings. The number of benzene rings is 1. The molecule has 5 nitrogen and oxygen atoms in total. The van der Waals surface area contributed by atoms with E-state index in [0.29, 0.717) is 6.42 Å².